The molecule has 3 unspecified atom stereocenters. The molecule has 1 aromatic heterocycles. The molecular formula is C17H23N3O. The van der Waals surface area contributed by atoms with Gasteiger partial charge in [0, 0.05) is 12.8 Å². The van der Waals surface area contributed by atoms with Crippen molar-refractivity contribution in [1.82, 2.24) is 14.8 Å². The standard InChI is InChI=1S/C17H23N3O/c1-4-15-18-16(5-2)20(19-15)14-10-11(3)12-8-6-7-9-13(12)17(14)21/h6-9,11,14,17,21H,4-5,10H2,1-3H3. The summed E-state index contributed by atoms with van der Waals surface area (Å²) >= 11 is 0. The van der Waals surface area contributed by atoms with Gasteiger partial charge < -0.3 is 5.11 Å². The Morgan fingerprint density at radius 1 is 1.19 bits per heavy atom. The molecule has 1 aliphatic carbocycles. The normalized spacial score (nSPS) is 24.9. The summed E-state index contributed by atoms with van der Waals surface area (Å²) in [5, 5.41) is 15.4. The summed E-state index contributed by atoms with van der Waals surface area (Å²) < 4.78 is 1.97. The number of fused-ring (bicyclic) bond motifs is 1. The molecule has 1 aromatic carbocycles. The van der Waals surface area contributed by atoms with Gasteiger partial charge in [-0.2, -0.15) is 5.10 Å². The molecule has 0 fully saturated rings. The maximum Gasteiger partial charge on any atom is 0.150 e. The molecule has 4 heteroatoms. The van der Waals surface area contributed by atoms with Crippen LogP contribution in [0.3, 0.4) is 0 Å². The van der Waals surface area contributed by atoms with Crippen molar-refractivity contribution in [2.45, 2.75) is 58.1 Å². The Balaban J connectivity index is 2.03. The Bertz CT molecular complexity index is 635. The number of hydrogen-bond donors (Lipinski definition) is 1. The van der Waals surface area contributed by atoms with E-state index in [4.69, 9.17) is 0 Å². The first kappa shape index (κ1) is 14.3. The molecule has 2 aromatic rings. The van der Waals surface area contributed by atoms with Crippen LogP contribution in [0, 0.1) is 0 Å². The topological polar surface area (TPSA) is 50.9 Å². The van der Waals surface area contributed by atoms with Crippen molar-refractivity contribution >= 4 is 0 Å². The second-order valence-corrected chi connectivity index (χ2v) is 5.87. The summed E-state index contributed by atoms with van der Waals surface area (Å²) in [5.41, 5.74) is 2.30. The molecule has 0 radical (unpaired) electrons. The molecule has 21 heavy (non-hydrogen) atoms. The van der Waals surface area contributed by atoms with Crippen molar-refractivity contribution in [3.63, 3.8) is 0 Å². The maximum atomic E-state index is 10.8. The zero-order chi connectivity index (χ0) is 15.0. The highest BCUT2D eigenvalue weighted by molar-refractivity contribution is 5.35. The third-order valence-corrected chi connectivity index (χ3v) is 4.50. The summed E-state index contributed by atoms with van der Waals surface area (Å²) in [7, 11) is 0. The highest BCUT2D eigenvalue weighted by Crippen LogP contribution is 2.43. The molecule has 3 atom stereocenters. The number of aliphatic hydroxyl groups excluding tert-OH is 1. The minimum atomic E-state index is -0.505. The van der Waals surface area contributed by atoms with Gasteiger partial charge in [0.05, 0.1) is 6.04 Å². The third kappa shape index (κ3) is 2.38. The fourth-order valence-electron chi connectivity index (χ4n) is 3.35. The smallest absolute Gasteiger partial charge is 0.150 e. The fraction of sp³-hybridized carbons (Fsp3) is 0.529. The molecule has 0 amide bonds. The molecule has 4 nitrogen and oxygen atoms in total. The lowest BCUT2D eigenvalue weighted by Crippen LogP contribution is -2.27. The summed E-state index contributed by atoms with van der Waals surface area (Å²) in [6, 6.07) is 8.18. The minimum absolute atomic E-state index is 0.0161. The van der Waals surface area contributed by atoms with Crippen LogP contribution in [0.5, 0.6) is 0 Å². The van der Waals surface area contributed by atoms with Crippen molar-refractivity contribution in [2.75, 3.05) is 0 Å². The number of nitrogens with zero attached hydrogens (tertiary/aromatic N) is 3. The van der Waals surface area contributed by atoms with Gasteiger partial charge in [0.1, 0.15) is 11.9 Å². The monoisotopic (exact) mass is 285 g/mol. The van der Waals surface area contributed by atoms with E-state index in [1.807, 2.05) is 22.9 Å². The molecule has 0 aliphatic heterocycles. The van der Waals surface area contributed by atoms with Crippen LogP contribution in [0.1, 0.15) is 68.0 Å². The first-order valence-electron chi connectivity index (χ1n) is 7.86. The van der Waals surface area contributed by atoms with Gasteiger partial charge in [0.15, 0.2) is 5.82 Å². The SMILES string of the molecule is CCc1nc(CC)n(C2CC(C)c3ccccc3C2O)n1. The average molecular weight is 285 g/mol. The fourth-order valence-corrected chi connectivity index (χ4v) is 3.35. The molecule has 3 rings (SSSR count). The minimum Gasteiger partial charge on any atom is -0.386 e. The molecule has 1 aliphatic rings. The van der Waals surface area contributed by atoms with E-state index in [9.17, 15) is 5.11 Å². The zero-order valence-electron chi connectivity index (χ0n) is 13.0. The summed E-state index contributed by atoms with van der Waals surface area (Å²) in [5.74, 6) is 2.27. The third-order valence-electron chi connectivity index (χ3n) is 4.50. The summed E-state index contributed by atoms with van der Waals surface area (Å²) in [4.78, 5) is 4.58. The molecule has 0 saturated carbocycles. The number of hydrogen-bond acceptors (Lipinski definition) is 3. The van der Waals surface area contributed by atoms with Gasteiger partial charge in [-0.25, -0.2) is 9.67 Å². The van der Waals surface area contributed by atoms with Crippen LogP contribution in [0.15, 0.2) is 24.3 Å². The molecular weight excluding hydrogens is 262 g/mol. The van der Waals surface area contributed by atoms with E-state index >= 15 is 0 Å². The van der Waals surface area contributed by atoms with Gasteiger partial charge in [-0.1, -0.05) is 45.0 Å². The van der Waals surface area contributed by atoms with E-state index < -0.39 is 6.10 Å². The van der Waals surface area contributed by atoms with Gasteiger partial charge in [0.2, 0.25) is 0 Å². The highest BCUT2D eigenvalue weighted by Gasteiger charge is 2.34. The number of aromatic nitrogens is 3. The molecule has 0 spiro atoms. The van der Waals surface area contributed by atoms with Gasteiger partial charge in [-0.15, -0.1) is 0 Å². The average Bonchev–Trinajstić information content (AvgIpc) is 2.94. The van der Waals surface area contributed by atoms with E-state index in [0.717, 1.165) is 36.5 Å². The van der Waals surface area contributed by atoms with Gasteiger partial charge in [-0.05, 0) is 23.5 Å². The quantitative estimate of drug-likeness (QED) is 0.942. The summed E-state index contributed by atoms with van der Waals surface area (Å²) in [6.07, 6.45) is 2.06. The molecule has 1 heterocycles. The number of aliphatic hydroxyl groups is 1. The first-order chi connectivity index (χ1) is 10.2. The lowest BCUT2D eigenvalue weighted by molar-refractivity contribution is 0.0844. The Kier molecular flexibility index (Phi) is 3.81. The largest absolute Gasteiger partial charge is 0.386 e. The van der Waals surface area contributed by atoms with E-state index in [2.05, 4.69) is 36.9 Å². The number of benzene rings is 1. The van der Waals surface area contributed by atoms with Crippen LogP contribution in [0.25, 0.3) is 0 Å². The van der Waals surface area contributed by atoms with Crippen LogP contribution < -0.4 is 0 Å². The van der Waals surface area contributed by atoms with E-state index in [1.165, 1.54) is 5.56 Å². The number of aryl methyl sites for hydroxylation is 2. The van der Waals surface area contributed by atoms with Crippen molar-refractivity contribution in [3.05, 3.63) is 47.0 Å². The Morgan fingerprint density at radius 3 is 2.57 bits per heavy atom. The molecule has 0 bridgehead atoms. The first-order valence-corrected chi connectivity index (χ1v) is 7.86. The van der Waals surface area contributed by atoms with Crippen LogP contribution in [0.2, 0.25) is 0 Å². The molecule has 0 saturated heterocycles. The van der Waals surface area contributed by atoms with Crippen molar-refractivity contribution in [1.29, 1.82) is 0 Å². The highest BCUT2D eigenvalue weighted by atomic mass is 16.3. The van der Waals surface area contributed by atoms with Crippen LogP contribution in [0.4, 0.5) is 0 Å². The predicted molar refractivity (Wildman–Crippen MR) is 82.2 cm³/mol. The van der Waals surface area contributed by atoms with Gasteiger partial charge >= 0.3 is 0 Å². The Labute approximate surface area is 125 Å². The lowest BCUT2D eigenvalue weighted by atomic mass is 9.79. The predicted octanol–water partition coefficient (Wildman–Crippen LogP) is 3.18. The summed E-state index contributed by atoms with van der Waals surface area (Å²) in [6.45, 7) is 6.38. The Hall–Kier alpha value is -1.68. The van der Waals surface area contributed by atoms with E-state index in [1.54, 1.807) is 0 Å². The number of rotatable bonds is 3. The molecule has 1 N–H and O–H groups in total. The second kappa shape index (κ2) is 5.60. The second-order valence-electron chi connectivity index (χ2n) is 5.87. The van der Waals surface area contributed by atoms with Crippen LogP contribution in [-0.2, 0) is 12.8 Å². The van der Waals surface area contributed by atoms with Crippen LogP contribution >= 0.6 is 0 Å². The van der Waals surface area contributed by atoms with Crippen molar-refractivity contribution in [3.8, 4) is 0 Å². The zero-order valence-corrected chi connectivity index (χ0v) is 13.0. The Morgan fingerprint density at radius 2 is 1.90 bits per heavy atom. The van der Waals surface area contributed by atoms with Gasteiger partial charge in [-0.3, -0.25) is 0 Å². The van der Waals surface area contributed by atoms with Gasteiger partial charge in [0.25, 0.3) is 0 Å². The van der Waals surface area contributed by atoms with E-state index in [-0.39, 0.29) is 6.04 Å². The van der Waals surface area contributed by atoms with Crippen molar-refractivity contribution < 1.29 is 5.11 Å². The molecule has 112 valence electrons. The van der Waals surface area contributed by atoms with Crippen LogP contribution in [-0.4, -0.2) is 19.9 Å². The van der Waals surface area contributed by atoms with Crippen molar-refractivity contribution in [2.24, 2.45) is 0 Å². The lowest BCUT2D eigenvalue weighted by Gasteiger charge is -2.34. The van der Waals surface area contributed by atoms with E-state index in [0.29, 0.717) is 5.92 Å². The maximum absolute atomic E-state index is 10.8.